The van der Waals surface area contributed by atoms with Gasteiger partial charge in [0.25, 0.3) is 0 Å². The lowest BCUT2D eigenvalue weighted by atomic mass is 10.2. The van der Waals surface area contributed by atoms with Crippen molar-refractivity contribution in [3.05, 3.63) is 16.6 Å². The maximum absolute atomic E-state index is 11.0. The molecule has 0 aliphatic heterocycles. The fourth-order valence-corrected chi connectivity index (χ4v) is 2.27. The third-order valence-electron chi connectivity index (χ3n) is 2.11. The molecule has 4 nitrogen and oxygen atoms in total. The number of carbonyl (C=O) groups is 1. The molecule has 0 atom stereocenters. The predicted molar refractivity (Wildman–Crippen MR) is 56.4 cm³/mol. The van der Waals surface area contributed by atoms with Gasteiger partial charge in [0.15, 0.2) is 0 Å². The van der Waals surface area contributed by atoms with Crippen molar-refractivity contribution in [2.45, 2.75) is 12.8 Å². The van der Waals surface area contributed by atoms with Crippen molar-refractivity contribution in [3.8, 4) is 0 Å². The Morgan fingerprint density at radius 2 is 2.50 bits per heavy atom. The van der Waals surface area contributed by atoms with E-state index in [1.54, 1.807) is 17.7 Å². The van der Waals surface area contributed by atoms with Gasteiger partial charge < -0.3 is 10.7 Å². The van der Waals surface area contributed by atoms with Gasteiger partial charge in [-0.3, -0.25) is 4.79 Å². The number of hydrogen-bond acceptors (Lipinski definition) is 4. The second-order valence-corrected chi connectivity index (χ2v) is 4.03. The summed E-state index contributed by atoms with van der Waals surface area (Å²) in [6, 6.07) is 0. The summed E-state index contributed by atoms with van der Waals surface area (Å²) in [7, 11) is 0. The molecular formula is C9H11N3OS. The minimum absolute atomic E-state index is 0.0992. The summed E-state index contributed by atoms with van der Waals surface area (Å²) in [5.41, 5.74) is 7.27. The molecule has 2 rings (SSSR count). The average molecular weight is 209 g/mol. The molecule has 0 spiro atoms. The highest BCUT2D eigenvalue weighted by atomic mass is 32.1. The van der Waals surface area contributed by atoms with Crippen LogP contribution in [0.4, 0.5) is 0 Å². The Labute approximate surface area is 85.1 Å². The number of ketones is 1. The molecule has 0 saturated carbocycles. The van der Waals surface area contributed by atoms with Crippen LogP contribution in [-0.2, 0) is 11.2 Å². The molecule has 0 radical (unpaired) electrons. The molecule has 0 fully saturated rings. The number of aromatic nitrogens is 2. The number of H-pyrrole nitrogens is 1. The van der Waals surface area contributed by atoms with Crippen LogP contribution < -0.4 is 5.73 Å². The van der Waals surface area contributed by atoms with Gasteiger partial charge in [-0.05, 0) is 6.42 Å². The summed E-state index contributed by atoms with van der Waals surface area (Å²) in [5.74, 6) is 0.0992. The summed E-state index contributed by atoms with van der Waals surface area (Å²) >= 11 is 1.64. The van der Waals surface area contributed by atoms with Crippen molar-refractivity contribution in [1.82, 2.24) is 9.97 Å². The first-order valence-electron chi connectivity index (χ1n) is 4.42. The molecule has 2 aromatic heterocycles. The number of Topliss-reactive ketones (excluding diaryl/α,β-unsaturated/α-hetero) is 1. The lowest BCUT2D eigenvalue weighted by Crippen LogP contribution is -2.13. The van der Waals surface area contributed by atoms with Crippen LogP contribution in [-0.4, -0.2) is 22.3 Å². The highest BCUT2D eigenvalue weighted by Crippen LogP contribution is 2.23. The molecule has 3 N–H and O–H groups in total. The van der Waals surface area contributed by atoms with Gasteiger partial charge in [0.05, 0.1) is 18.4 Å². The van der Waals surface area contributed by atoms with Gasteiger partial charge in [-0.2, -0.15) is 0 Å². The molecule has 0 amide bonds. The Balaban J connectivity index is 2.11. The van der Waals surface area contributed by atoms with E-state index in [-0.39, 0.29) is 12.3 Å². The summed E-state index contributed by atoms with van der Waals surface area (Å²) < 4.78 is 0. The molecule has 14 heavy (non-hydrogen) atoms. The second-order valence-electron chi connectivity index (χ2n) is 3.07. The van der Waals surface area contributed by atoms with E-state index in [0.29, 0.717) is 6.42 Å². The van der Waals surface area contributed by atoms with E-state index >= 15 is 0 Å². The van der Waals surface area contributed by atoms with Crippen molar-refractivity contribution >= 4 is 28.2 Å². The topological polar surface area (TPSA) is 71.8 Å². The summed E-state index contributed by atoms with van der Waals surface area (Å²) in [5, 5.41) is 2.02. The Morgan fingerprint density at radius 3 is 3.29 bits per heavy atom. The summed E-state index contributed by atoms with van der Waals surface area (Å²) in [6.07, 6.45) is 2.93. The van der Waals surface area contributed by atoms with Gasteiger partial charge in [-0.1, -0.05) is 0 Å². The van der Waals surface area contributed by atoms with Gasteiger partial charge in [0, 0.05) is 16.7 Å². The SMILES string of the molecule is NCC(=O)CCc1scc2[nH]cnc12. The van der Waals surface area contributed by atoms with Crippen LogP contribution in [0.3, 0.4) is 0 Å². The number of carbonyl (C=O) groups excluding carboxylic acids is 1. The van der Waals surface area contributed by atoms with Crippen LogP contribution >= 0.6 is 11.3 Å². The third-order valence-corrected chi connectivity index (χ3v) is 3.15. The number of imidazole rings is 1. The van der Waals surface area contributed by atoms with Crippen molar-refractivity contribution in [2.24, 2.45) is 5.73 Å². The fourth-order valence-electron chi connectivity index (χ4n) is 1.33. The molecule has 0 bridgehead atoms. The van der Waals surface area contributed by atoms with Crippen LogP contribution in [0.2, 0.25) is 0 Å². The standard InChI is InChI=1S/C9H11N3OS/c10-3-6(13)1-2-8-9-7(4-14-8)11-5-12-9/h4-5H,1-3,10H2,(H,11,12). The first kappa shape index (κ1) is 9.36. The van der Waals surface area contributed by atoms with E-state index in [9.17, 15) is 4.79 Å². The minimum atomic E-state index is 0.0992. The largest absolute Gasteiger partial charge is 0.344 e. The number of nitrogens with two attached hydrogens (primary N) is 1. The first-order chi connectivity index (χ1) is 6.81. The van der Waals surface area contributed by atoms with Crippen LogP contribution in [0.5, 0.6) is 0 Å². The van der Waals surface area contributed by atoms with Crippen LogP contribution in [0.1, 0.15) is 11.3 Å². The number of fused-ring (bicyclic) bond motifs is 1. The minimum Gasteiger partial charge on any atom is -0.344 e. The number of thiophene rings is 1. The van der Waals surface area contributed by atoms with E-state index in [4.69, 9.17) is 5.73 Å². The van der Waals surface area contributed by atoms with Gasteiger partial charge in [0.2, 0.25) is 0 Å². The third kappa shape index (κ3) is 1.69. The average Bonchev–Trinajstić information content (AvgIpc) is 2.76. The van der Waals surface area contributed by atoms with E-state index in [1.807, 2.05) is 5.38 Å². The van der Waals surface area contributed by atoms with Crippen molar-refractivity contribution in [3.63, 3.8) is 0 Å². The number of hydrogen-bond donors (Lipinski definition) is 2. The van der Waals surface area contributed by atoms with E-state index in [1.165, 1.54) is 0 Å². The number of nitrogens with one attached hydrogen (secondary N) is 1. The second kappa shape index (κ2) is 3.89. The molecule has 0 saturated heterocycles. The molecule has 0 aromatic carbocycles. The lowest BCUT2D eigenvalue weighted by molar-refractivity contribution is -0.117. The highest BCUT2D eigenvalue weighted by molar-refractivity contribution is 7.11. The summed E-state index contributed by atoms with van der Waals surface area (Å²) in [6.45, 7) is 0.134. The number of aromatic amines is 1. The van der Waals surface area contributed by atoms with Gasteiger partial charge >= 0.3 is 0 Å². The molecule has 0 unspecified atom stereocenters. The molecule has 2 aromatic rings. The Kier molecular flexibility index (Phi) is 2.60. The van der Waals surface area contributed by atoms with Crippen molar-refractivity contribution in [1.29, 1.82) is 0 Å². The maximum atomic E-state index is 11.0. The fraction of sp³-hybridized carbons (Fsp3) is 0.333. The van der Waals surface area contributed by atoms with E-state index in [0.717, 1.165) is 22.3 Å². The highest BCUT2D eigenvalue weighted by Gasteiger charge is 2.07. The molecule has 74 valence electrons. The number of nitrogens with zero attached hydrogens (tertiary/aromatic N) is 1. The normalized spacial score (nSPS) is 10.9. The smallest absolute Gasteiger partial charge is 0.146 e. The maximum Gasteiger partial charge on any atom is 0.146 e. The number of aryl methyl sites for hydroxylation is 1. The zero-order valence-electron chi connectivity index (χ0n) is 7.62. The predicted octanol–water partition coefficient (Wildman–Crippen LogP) is 1.08. The van der Waals surface area contributed by atoms with Crippen LogP contribution in [0, 0.1) is 0 Å². The first-order valence-corrected chi connectivity index (χ1v) is 5.30. The van der Waals surface area contributed by atoms with Gasteiger partial charge in [-0.15, -0.1) is 11.3 Å². The molecule has 0 aliphatic rings. The van der Waals surface area contributed by atoms with Gasteiger partial charge in [0.1, 0.15) is 11.3 Å². The zero-order chi connectivity index (χ0) is 9.97. The Bertz CT molecular complexity index is 446. The van der Waals surface area contributed by atoms with E-state index in [2.05, 4.69) is 9.97 Å². The van der Waals surface area contributed by atoms with Crippen LogP contribution in [0.25, 0.3) is 11.0 Å². The van der Waals surface area contributed by atoms with Crippen molar-refractivity contribution in [2.75, 3.05) is 6.54 Å². The quantitative estimate of drug-likeness (QED) is 0.791. The monoisotopic (exact) mass is 209 g/mol. The van der Waals surface area contributed by atoms with Gasteiger partial charge in [-0.25, -0.2) is 4.98 Å². The zero-order valence-corrected chi connectivity index (χ0v) is 8.43. The van der Waals surface area contributed by atoms with Crippen LogP contribution in [0.15, 0.2) is 11.7 Å². The van der Waals surface area contributed by atoms with Crippen molar-refractivity contribution < 1.29 is 4.79 Å². The number of rotatable bonds is 4. The lowest BCUT2D eigenvalue weighted by Gasteiger charge is -1.94. The van der Waals surface area contributed by atoms with E-state index < -0.39 is 0 Å². The Morgan fingerprint density at radius 1 is 1.64 bits per heavy atom. The molecule has 5 heteroatoms. The molecule has 0 aliphatic carbocycles. The molecule has 2 heterocycles. The Hall–Kier alpha value is -1.20. The summed E-state index contributed by atoms with van der Waals surface area (Å²) in [4.78, 5) is 19.4. The molecular weight excluding hydrogens is 198 g/mol.